The first-order chi connectivity index (χ1) is 3.93. The molecule has 0 aliphatic heterocycles. The third-order valence-electron chi connectivity index (χ3n) is 0.607. The van der Waals surface area contributed by atoms with Crippen LogP contribution in [0.3, 0.4) is 0 Å². The summed E-state index contributed by atoms with van der Waals surface area (Å²) in [6.45, 7) is 3.24. The Hall–Kier alpha value is -0.900. The summed E-state index contributed by atoms with van der Waals surface area (Å²) in [5.74, 6) is 0. The van der Waals surface area contributed by atoms with E-state index in [1.165, 1.54) is 11.3 Å². The van der Waals surface area contributed by atoms with Gasteiger partial charge in [0.25, 0.3) is 0 Å². The molecular formula is C4H5N3S. The smallest absolute Gasteiger partial charge is 0.203 e. The van der Waals surface area contributed by atoms with E-state index in [0.29, 0.717) is 0 Å². The van der Waals surface area contributed by atoms with Gasteiger partial charge < -0.3 is 0 Å². The molecule has 0 unspecified atom stereocenters. The maximum atomic E-state index is 3.88. The van der Waals surface area contributed by atoms with Gasteiger partial charge in [-0.3, -0.25) is 5.43 Å². The van der Waals surface area contributed by atoms with E-state index in [2.05, 4.69) is 22.2 Å². The summed E-state index contributed by atoms with van der Waals surface area (Å²) in [5, 5.41) is 6.07. The highest BCUT2D eigenvalue weighted by Gasteiger charge is 1.85. The predicted octanol–water partition coefficient (Wildman–Crippen LogP) is 1.17. The number of thiazole rings is 1. The maximum absolute atomic E-state index is 3.88. The molecule has 42 valence electrons. The van der Waals surface area contributed by atoms with Crippen LogP contribution in [0.15, 0.2) is 16.7 Å². The number of nitrogens with one attached hydrogen (secondary N) is 1. The lowest BCUT2D eigenvalue weighted by atomic mass is 11.0. The average Bonchev–Trinajstić information content (AvgIpc) is 2.19. The predicted molar refractivity (Wildman–Crippen MR) is 35.3 cm³/mol. The third kappa shape index (κ3) is 1.04. The molecule has 1 heterocycles. The Morgan fingerprint density at radius 3 is 3.25 bits per heavy atom. The fourth-order valence-electron chi connectivity index (χ4n) is 0.346. The van der Waals surface area contributed by atoms with Crippen LogP contribution >= 0.6 is 11.3 Å². The molecule has 0 aromatic carbocycles. The van der Waals surface area contributed by atoms with E-state index in [4.69, 9.17) is 0 Å². The molecule has 0 saturated carbocycles. The van der Waals surface area contributed by atoms with E-state index in [1.807, 2.05) is 5.38 Å². The molecule has 1 aromatic heterocycles. The summed E-state index contributed by atoms with van der Waals surface area (Å²) in [5.41, 5.74) is 2.61. The lowest BCUT2D eigenvalue weighted by Gasteiger charge is -1.85. The first-order valence-corrected chi connectivity index (χ1v) is 2.92. The van der Waals surface area contributed by atoms with Crippen LogP contribution in [0.1, 0.15) is 0 Å². The summed E-state index contributed by atoms with van der Waals surface area (Å²) in [7, 11) is 0. The Balaban J connectivity index is 2.62. The molecule has 0 bridgehead atoms. The van der Waals surface area contributed by atoms with E-state index < -0.39 is 0 Å². The molecule has 1 aromatic rings. The number of hydrogen-bond acceptors (Lipinski definition) is 4. The Kier molecular flexibility index (Phi) is 1.58. The molecular weight excluding hydrogens is 122 g/mol. The highest BCUT2D eigenvalue weighted by Crippen LogP contribution is 2.08. The van der Waals surface area contributed by atoms with Crippen molar-refractivity contribution in [3.05, 3.63) is 11.6 Å². The lowest BCUT2D eigenvalue weighted by Crippen LogP contribution is -1.82. The third-order valence-corrected chi connectivity index (χ3v) is 1.28. The van der Waals surface area contributed by atoms with Crippen LogP contribution in [0, 0.1) is 0 Å². The fourth-order valence-corrected chi connectivity index (χ4v) is 0.836. The lowest BCUT2D eigenvalue weighted by molar-refractivity contribution is 1.30. The van der Waals surface area contributed by atoms with Crippen LogP contribution in [0.25, 0.3) is 0 Å². The second-order valence-corrected chi connectivity index (χ2v) is 2.00. The van der Waals surface area contributed by atoms with E-state index in [0.717, 1.165) is 5.13 Å². The zero-order valence-corrected chi connectivity index (χ0v) is 4.98. The molecule has 0 spiro atoms. The summed E-state index contributed by atoms with van der Waals surface area (Å²) in [6, 6.07) is 0. The Bertz CT molecular complexity index is 158. The largest absolute Gasteiger partial charge is 0.253 e. The molecule has 8 heavy (non-hydrogen) atoms. The van der Waals surface area contributed by atoms with Crippen LogP contribution in [0.4, 0.5) is 5.13 Å². The van der Waals surface area contributed by atoms with Crippen LogP contribution in [0.5, 0.6) is 0 Å². The van der Waals surface area contributed by atoms with Gasteiger partial charge in [0.2, 0.25) is 5.13 Å². The van der Waals surface area contributed by atoms with Crippen LogP contribution in [-0.4, -0.2) is 11.7 Å². The van der Waals surface area contributed by atoms with Crippen molar-refractivity contribution in [3.8, 4) is 0 Å². The highest BCUT2D eigenvalue weighted by molar-refractivity contribution is 7.13. The molecule has 0 radical (unpaired) electrons. The number of anilines is 1. The van der Waals surface area contributed by atoms with Crippen molar-refractivity contribution in [1.82, 2.24) is 4.98 Å². The van der Waals surface area contributed by atoms with Gasteiger partial charge in [0, 0.05) is 18.3 Å². The van der Waals surface area contributed by atoms with Gasteiger partial charge in [0.15, 0.2) is 0 Å². The van der Waals surface area contributed by atoms with Gasteiger partial charge in [0.05, 0.1) is 0 Å². The van der Waals surface area contributed by atoms with E-state index in [-0.39, 0.29) is 0 Å². The molecule has 0 aliphatic carbocycles. The second kappa shape index (κ2) is 2.42. The number of hydrazone groups is 1. The van der Waals surface area contributed by atoms with Crippen molar-refractivity contribution in [3.63, 3.8) is 0 Å². The monoisotopic (exact) mass is 127 g/mol. The standard InChI is InChI=1S/C4H5N3S/c1-5-7-4-6-2-3-8-4/h2-3H,1H2,(H,6,7). The minimum Gasteiger partial charge on any atom is -0.253 e. The van der Waals surface area contributed by atoms with Gasteiger partial charge >= 0.3 is 0 Å². The van der Waals surface area contributed by atoms with Crippen molar-refractivity contribution < 1.29 is 0 Å². The molecule has 1 rings (SSSR count). The van der Waals surface area contributed by atoms with Gasteiger partial charge in [-0.1, -0.05) is 0 Å². The molecule has 0 fully saturated rings. The van der Waals surface area contributed by atoms with Gasteiger partial charge in [-0.25, -0.2) is 4.98 Å². The van der Waals surface area contributed by atoms with Gasteiger partial charge in [-0.15, -0.1) is 11.3 Å². The van der Waals surface area contributed by atoms with E-state index >= 15 is 0 Å². The van der Waals surface area contributed by atoms with E-state index in [1.54, 1.807) is 6.20 Å². The van der Waals surface area contributed by atoms with Crippen LogP contribution in [0.2, 0.25) is 0 Å². The summed E-state index contributed by atoms with van der Waals surface area (Å²) < 4.78 is 0. The minimum absolute atomic E-state index is 0.778. The Morgan fingerprint density at radius 1 is 1.88 bits per heavy atom. The fraction of sp³-hybridized carbons (Fsp3) is 0. The van der Waals surface area contributed by atoms with Gasteiger partial charge in [-0.05, 0) is 0 Å². The average molecular weight is 127 g/mol. The highest BCUT2D eigenvalue weighted by atomic mass is 32.1. The van der Waals surface area contributed by atoms with Crippen molar-refractivity contribution in [2.45, 2.75) is 0 Å². The molecule has 0 aliphatic rings. The summed E-state index contributed by atoms with van der Waals surface area (Å²) >= 11 is 1.49. The van der Waals surface area contributed by atoms with Crippen LogP contribution in [-0.2, 0) is 0 Å². The quantitative estimate of drug-likeness (QED) is 0.478. The van der Waals surface area contributed by atoms with Crippen molar-refractivity contribution in [2.24, 2.45) is 5.10 Å². The van der Waals surface area contributed by atoms with Gasteiger partial charge in [-0.2, -0.15) is 5.10 Å². The van der Waals surface area contributed by atoms with Gasteiger partial charge in [0.1, 0.15) is 0 Å². The Morgan fingerprint density at radius 2 is 2.75 bits per heavy atom. The Labute approximate surface area is 51.1 Å². The number of rotatable bonds is 2. The number of nitrogens with zero attached hydrogens (tertiary/aromatic N) is 2. The molecule has 3 nitrogen and oxygen atoms in total. The van der Waals surface area contributed by atoms with Crippen molar-refractivity contribution in [1.29, 1.82) is 0 Å². The van der Waals surface area contributed by atoms with Crippen LogP contribution < -0.4 is 5.43 Å². The molecule has 0 amide bonds. The summed E-state index contributed by atoms with van der Waals surface area (Å²) in [4.78, 5) is 3.88. The second-order valence-electron chi connectivity index (χ2n) is 1.11. The molecule has 1 N–H and O–H groups in total. The first kappa shape index (κ1) is 5.24. The normalized spacial score (nSPS) is 8.50. The summed E-state index contributed by atoms with van der Waals surface area (Å²) in [6.07, 6.45) is 1.71. The van der Waals surface area contributed by atoms with Crippen molar-refractivity contribution >= 4 is 23.2 Å². The first-order valence-electron chi connectivity index (χ1n) is 2.04. The SMILES string of the molecule is C=NNc1nccs1. The maximum Gasteiger partial charge on any atom is 0.203 e. The minimum atomic E-state index is 0.778. The topological polar surface area (TPSA) is 37.3 Å². The zero-order valence-electron chi connectivity index (χ0n) is 4.16. The number of aromatic nitrogens is 1. The molecule has 0 atom stereocenters. The van der Waals surface area contributed by atoms with E-state index in [9.17, 15) is 0 Å². The van der Waals surface area contributed by atoms with Crippen molar-refractivity contribution in [2.75, 3.05) is 5.43 Å². The molecule has 4 heteroatoms. The number of hydrogen-bond donors (Lipinski definition) is 1. The molecule has 0 saturated heterocycles. The zero-order chi connectivity index (χ0) is 5.82.